The minimum Gasteiger partial charge on any atom is -0.456 e. The zero-order valence-corrected chi connectivity index (χ0v) is 15.0. The van der Waals surface area contributed by atoms with Gasteiger partial charge < -0.3 is 9.47 Å². The summed E-state index contributed by atoms with van der Waals surface area (Å²) in [5.41, 5.74) is 1.88. The summed E-state index contributed by atoms with van der Waals surface area (Å²) in [6.45, 7) is 4.83. The van der Waals surface area contributed by atoms with Crippen molar-refractivity contribution in [1.29, 1.82) is 0 Å². The Morgan fingerprint density at radius 1 is 1.00 bits per heavy atom. The Bertz CT molecular complexity index is 425. The average Bonchev–Trinajstić information content (AvgIpc) is 2.55. The summed E-state index contributed by atoms with van der Waals surface area (Å²) in [5, 5.41) is 0. The predicted octanol–water partition coefficient (Wildman–Crippen LogP) is 5.17. The van der Waals surface area contributed by atoms with Gasteiger partial charge in [0.2, 0.25) is 0 Å². The summed E-state index contributed by atoms with van der Waals surface area (Å²) in [5.74, 6) is -0.247. The number of esters is 1. The molecular formula is C20H32O3. The first-order chi connectivity index (χ1) is 11.2. The molecule has 3 nitrogen and oxygen atoms in total. The minimum atomic E-state index is -0.247. The highest BCUT2D eigenvalue weighted by Gasteiger charge is 2.15. The van der Waals surface area contributed by atoms with Crippen LogP contribution < -0.4 is 0 Å². The molecule has 0 bridgehead atoms. The molecule has 1 rings (SSSR count). The van der Waals surface area contributed by atoms with Crippen LogP contribution in [0.2, 0.25) is 0 Å². The molecule has 0 fully saturated rings. The van der Waals surface area contributed by atoms with Crippen LogP contribution in [-0.2, 0) is 15.9 Å². The quantitative estimate of drug-likeness (QED) is 0.393. The van der Waals surface area contributed by atoms with Gasteiger partial charge in [-0.2, -0.15) is 0 Å². The van der Waals surface area contributed by atoms with Crippen LogP contribution in [0.1, 0.15) is 74.7 Å². The van der Waals surface area contributed by atoms with Gasteiger partial charge in [-0.15, -0.1) is 0 Å². The van der Waals surface area contributed by atoms with Gasteiger partial charge in [-0.05, 0) is 37.0 Å². The second-order valence-electron chi connectivity index (χ2n) is 6.13. The van der Waals surface area contributed by atoms with Crippen molar-refractivity contribution in [2.24, 2.45) is 0 Å². The summed E-state index contributed by atoms with van der Waals surface area (Å²) < 4.78 is 10.8. The second-order valence-corrected chi connectivity index (χ2v) is 6.13. The number of benzene rings is 1. The number of methoxy groups -OCH3 is 1. The van der Waals surface area contributed by atoms with Gasteiger partial charge in [-0.25, -0.2) is 4.79 Å². The van der Waals surface area contributed by atoms with Crippen molar-refractivity contribution in [2.45, 2.75) is 71.3 Å². The van der Waals surface area contributed by atoms with Crippen molar-refractivity contribution in [2.75, 3.05) is 13.7 Å². The van der Waals surface area contributed by atoms with Crippen LogP contribution in [0.3, 0.4) is 0 Å². The zero-order chi connectivity index (χ0) is 16.9. The SMILES string of the molecule is CCCCCCCC(COC)OC(=O)c1ccc(CCC)cc1. The maximum Gasteiger partial charge on any atom is 0.338 e. The third-order valence-electron chi connectivity index (χ3n) is 3.98. The molecule has 0 amide bonds. The molecule has 0 heterocycles. The summed E-state index contributed by atoms with van der Waals surface area (Å²) in [4.78, 5) is 12.3. The summed E-state index contributed by atoms with van der Waals surface area (Å²) in [7, 11) is 1.65. The van der Waals surface area contributed by atoms with E-state index in [0.717, 1.165) is 25.7 Å². The Morgan fingerprint density at radius 3 is 2.30 bits per heavy atom. The molecule has 23 heavy (non-hydrogen) atoms. The highest BCUT2D eigenvalue weighted by atomic mass is 16.6. The highest BCUT2D eigenvalue weighted by molar-refractivity contribution is 5.89. The van der Waals surface area contributed by atoms with E-state index in [1.54, 1.807) is 7.11 Å². The number of rotatable bonds is 12. The second kappa shape index (κ2) is 12.1. The van der Waals surface area contributed by atoms with Crippen molar-refractivity contribution in [3.63, 3.8) is 0 Å². The smallest absolute Gasteiger partial charge is 0.338 e. The van der Waals surface area contributed by atoms with Crippen LogP contribution in [0.25, 0.3) is 0 Å². The standard InChI is InChI=1S/C20H32O3/c1-4-6-7-8-9-11-19(16-22-3)23-20(21)18-14-12-17(10-5-2)13-15-18/h12-15,19H,4-11,16H2,1-3H3. The van der Waals surface area contributed by atoms with Gasteiger partial charge in [0.15, 0.2) is 0 Å². The first-order valence-electron chi connectivity index (χ1n) is 9.00. The summed E-state index contributed by atoms with van der Waals surface area (Å²) in [6.07, 6.45) is 8.92. The van der Waals surface area contributed by atoms with E-state index < -0.39 is 0 Å². The monoisotopic (exact) mass is 320 g/mol. The molecular weight excluding hydrogens is 288 g/mol. The van der Waals surface area contributed by atoms with Gasteiger partial charge in [-0.1, -0.05) is 58.1 Å². The molecule has 0 saturated heterocycles. The van der Waals surface area contributed by atoms with Crippen molar-refractivity contribution in [3.05, 3.63) is 35.4 Å². The van der Waals surface area contributed by atoms with E-state index >= 15 is 0 Å². The molecule has 0 radical (unpaired) electrons. The number of carbonyl (C=O) groups is 1. The fraction of sp³-hybridized carbons (Fsp3) is 0.650. The molecule has 0 aliphatic carbocycles. The van der Waals surface area contributed by atoms with Crippen molar-refractivity contribution in [3.8, 4) is 0 Å². The molecule has 1 aromatic carbocycles. The maximum atomic E-state index is 12.3. The Morgan fingerprint density at radius 2 is 1.70 bits per heavy atom. The lowest BCUT2D eigenvalue weighted by atomic mass is 10.1. The van der Waals surface area contributed by atoms with Gasteiger partial charge >= 0.3 is 5.97 Å². The van der Waals surface area contributed by atoms with Crippen molar-refractivity contribution >= 4 is 5.97 Å². The van der Waals surface area contributed by atoms with Gasteiger partial charge in [0, 0.05) is 7.11 Å². The van der Waals surface area contributed by atoms with Gasteiger partial charge in [0.05, 0.1) is 12.2 Å². The lowest BCUT2D eigenvalue weighted by Crippen LogP contribution is -2.23. The predicted molar refractivity (Wildman–Crippen MR) is 94.9 cm³/mol. The normalized spacial score (nSPS) is 12.1. The molecule has 0 aliphatic rings. The van der Waals surface area contributed by atoms with Gasteiger partial charge in [-0.3, -0.25) is 0 Å². The first-order valence-corrected chi connectivity index (χ1v) is 9.00. The highest BCUT2D eigenvalue weighted by Crippen LogP contribution is 2.13. The van der Waals surface area contributed by atoms with Crippen molar-refractivity contribution in [1.82, 2.24) is 0 Å². The van der Waals surface area contributed by atoms with Crippen LogP contribution in [0.4, 0.5) is 0 Å². The molecule has 1 unspecified atom stereocenters. The van der Waals surface area contributed by atoms with Crippen LogP contribution in [0.15, 0.2) is 24.3 Å². The Balaban J connectivity index is 2.45. The number of carbonyl (C=O) groups excluding carboxylic acids is 1. The van der Waals surface area contributed by atoms with Crippen LogP contribution in [0.5, 0.6) is 0 Å². The lowest BCUT2D eigenvalue weighted by molar-refractivity contribution is 0.00237. The first kappa shape index (κ1) is 19.7. The fourth-order valence-corrected chi connectivity index (χ4v) is 2.65. The molecule has 130 valence electrons. The molecule has 0 N–H and O–H groups in total. The van der Waals surface area contributed by atoms with E-state index in [4.69, 9.17) is 9.47 Å². The van der Waals surface area contributed by atoms with E-state index in [1.165, 1.54) is 31.2 Å². The molecule has 3 heteroatoms. The maximum absolute atomic E-state index is 12.3. The number of ether oxygens (including phenoxy) is 2. The molecule has 0 spiro atoms. The molecule has 0 aromatic heterocycles. The molecule has 1 aromatic rings. The third-order valence-corrected chi connectivity index (χ3v) is 3.98. The van der Waals surface area contributed by atoms with Crippen LogP contribution in [0, 0.1) is 0 Å². The number of hydrogen-bond donors (Lipinski definition) is 0. The fourth-order valence-electron chi connectivity index (χ4n) is 2.65. The zero-order valence-electron chi connectivity index (χ0n) is 15.0. The Kier molecular flexibility index (Phi) is 10.4. The topological polar surface area (TPSA) is 35.5 Å². The number of hydrogen-bond acceptors (Lipinski definition) is 3. The van der Waals surface area contributed by atoms with E-state index in [9.17, 15) is 4.79 Å². The van der Waals surface area contributed by atoms with E-state index in [1.807, 2.05) is 24.3 Å². The molecule has 1 atom stereocenters. The number of aryl methyl sites for hydroxylation is 1. The lowest BCUT2D eigenvalue weighted by Gasteiger charge is -2.17. The van der Waals surface area contributed by atoms with Gasteiger partial charge in [0.25, 0.3) is 0 Å². The van der Waals surface area contributed by atoms with E-state index in [2.05, 4.69) is 13.8 Å². The average molecular weight is 320 g/mol. The number of unbranched alkanes of at least 4 members (excludes halogenated alkanes) is 4. The minimum absolute atomic E-state index is 0.149. The van der Waals surface area contributed by atoms with Crippen LogP contribution in [-0.4, -0.2) is 25.8 Å². The van der Waals surface area contributed by atoms with Gasteiger partial charge in [0.1, 0.15) is 6.10 Å². The molecule has 0 aliphatic heterocycles. The largest absolute Gasteiger partial charge is 0.456 e. The Hall–Kier alpha value is -1.35. The summed E-state index contributed by atoms with van der Waals surface area (Å²) >= 11 is 0. The third kappa shape index (κ3) is 8.17. The van der Waals surface area contributed by atoms with Crippen molar-refractivity contribution < 1.29 is 14.3 Å². The van der Waals surface area contributed by atoms with E-state index in [0.29, 0.717) is 12.2 Å². The van der Waals surface area contributed by atoms with Crippen LogP contribution >= 0.6 is 0 Å². The van der Waals surface area contributed by atoms with E-state index in [-0.39, 0.29) is 12.1 Å². The summed E-state index contributed by atoms with van der Waals surface area (Å²) in [6, 6.07) is 7.74. The molecule has 0 saturated carbocycles. The Labute approximate surface area is 141 Å².